The van der Waals surface area contributed by atoms with Gasteiger partial charge in [-0.2, -0.15) is 0 Å². The van der Waals surface area contributed by atoms with Crippen molar-refractivity contribution in [1.82, 2.24) is 9.97 Å². The molecule has 2 heterocycles. The van der Waals surface area contributed by atoms with Crippen molar-refractivity contribution in [3.05, 3.63) is 84.1 Å². The second-order valence-corrected chi connectivity index (χ2v) is 5.65. The second-order valence-electron chi connectivity index (χ2n) is 5.27. The normalized spacial score (nSPS) is 10.8. The van der Waals surface area contributed by atoms with Crippen LogP contribution in [0, 0.1) is 0 Å². The first-order valence-corrected chi connectivity index (χ1v) is 7.76. The van der Waals surface area contributed by atoms with E-state index in [0.29, 0.717) is 0 Å². The molecule has 2 aromatic heterocycles. The maximum Gasteiger partial charge on any atom is 0.0803 e. The Hall–Kier alpha value is -2.71. The minimum atomic E-state index is 0.723. The topological polar surface area (TPSA) is 25.8 Å². The zero-order valence-electron chi connectivity index (χ0n) is 12.3. The molecule has 0 atom stereocenters. The van der Waals surface area contributed by atoms with Gasteiger partial charge in [0, 0.05) is 28.9 Å². The van der Waals surface area contributed by atoms with Gasteiger partial charge >= 0.3 is 0 Å². The third-order valence-corrected chi connectivity index (χ3v) is 4.24. The summed E-state index contributed by atoms with van der Waals surface area (Å²) in [6.45, 7) is 0. The van der Waals surface area contributed by atoms with E-state index >= 15 is 0 Å². The van der Waals surface area contributed by atoms with Crippen LogP contribution in [0.15, 0.2) is 79.1 Å². The summed E-state index contributed by atoms with van der Waals surface area (Å²) >= 11 is 6.77. The highest BCUT2D eigenvalue weighted by Crippen LogP contribution is 2.40. The molecule has 4 aromatic rings. The van der Waals surface area contributed by atoms with Gasteiger partial charge in [0.1, 0.15) is 0 Å². The highest BCUT2D eigenvalue weighted by molar-refractivity contribution is 6.38. The van der Waals surface area contributed by atoms with Gasteiger partial charge in [-0.15, -0.1) is 0 Å². The number of benzene rings is 2. The molecular formula is C20H13ClN2. The van der Waals surface area contributed by atoms with Gasteiger partial charge in [0.05, 0.1) is 16.2 Å². The average molecular weight is 317 g/mol. The van der Waals surface area contributed by atoms with Crippen LogP contribution < -0.4 is 0 Å². The summed E-state index contributed by atoms with van der Waals surface area (Å²) in [4.78, 5) is 8.98. The predicted octanol–water partition coefficient (Wildman–Crippen LogP) is 5.62. The number of hydrogen-bond acceptors (Lipinski definition) is 2. The summed E-state index contributed by atoms with van der Waals surface area (Å²) in [6, 6.07) is 22.0. The van der Waals surface area contributed by atoms with Crippen molar-refractivity contribution in [3.63, 3.8) is 0 Å². The minimum Gasteiger partial charge on any atom is -0.265 e. The maximum absolute atomic E-state index is 6.77. The van der Waals surface area contributed by atoms with Gasteiger partial charge in [0.2, 0.25) is 0 Å². The summed E-state index contributed by atoms with van der Waals surface area (Å²) < 4.78 is 0. The molecule has 0 aliphatic carbocycles. The molecule has 4 rings (SSSR count). The minimum absolute atomic E-state index is 0.723. The van der Waals surface area contributed by atoms with Crippen LogP contribution in [0.5, 0.6) is 0 Å². The Morgan fingerprint density at radius 1 is 0.696 bits per heavy atom. The van der Waals surface area contributed by atoms with E-state index in [0.717, 1.165) is 38.3 Å². The molecule has 0 saturated heterocycles. The number of nitrogens with zero attached hydrogens (tertiary/aromatic N) is 2. The monoisotopic (exact) mass is 316 g/mol. The lowest BCUT2D eigenvalue weighted by molar-refractivity contribution is 1.32. The summed E-state index contributed by atoms with van der Waals surface area (Å²) in [5.74, 6) is 0. The molecule has 3 heteroatoms. The maximum atomic E-state index is 6.77. The van der Waals surface area contributed by atoms with Crippen molar-refractivity contribution in [2.45, 2.75) is 0 Å². The van der Waals surface area contributed by atoms with Gasteiger partial charge in [-0.25, -0.2) is 4.98 Å². The molecule has 2 nitrogen and oxygen atoms in total. The Morgan fingerprint density at radius 3 is 2.17 bits per heavy atom. The summed E-state index contributed by atoms with van der Waals surface area (Å²) in [5.41, 5.74) is 4.79. The fraction of sp³-hybridized carbons (Fsp3) is 0. The number of rotatable bonds is 2. The molecule has 0 aliphatic heterocycles. The Balaban J connectivity index is 2.11. The van der Waals surface area contributed by atoms with Crippen LogP contribution in [0.1, 0.15) is 0 Å². The average Bonchev–Trinajstić information content (AvgIpc) is 2.63. The summed E-state index contributed by atoms with van der Waals surface area (Å²) in [5, 5.41) is 1.68. The van der Waals surface area contributed by atoms with Gasteiger partial charge in [-0.05, 0) is 23.8 Å². The van der Waals surface area contributed by atoms with Crippen LogP contribution >= 0.6 is 11.6 Å². The molecule has 0 bridgehead atoms. The lowest BCUT2D eigenvalue weighted by atomic mass is 9.98. The van der Waals surface area contributed by atoms with Crippen LogP contribution in [-0.2, 0) is 0 Å². The first-order chi connectivity index (χ1) is 11.3. The van der Waals surface area contributed by atoms with Crippen molar-refractivity contribution in [2.75, 3.05) is 0 Å². The molecule has 110 valence electrons. The first-order valence-electron chi connectivity index (χ1n) is 7.38. The third-order valence-electron chi connectivity index (χ3n) is 3.85. The van der Waals surface area contributed by atoms with Crippen molar-refractivity contribution >= 4 is 22.5 Å². The Morgan fingerprint density at radius 2 is 1.39 bits per heavy atom. The number of hydrogen-bond donors (Lipinski definition) is 0. The van der Waals surface area contributed by atoms with Gasteiger partial charge in [0.15, 0.2) is 0 Å². The van der Waals surface area contributed by atoms with Gasteiger partial charge < -0.3 is 0 Å². The fourth-order valence-corrected chi connectivity index (χ4v) is 3.12. The summed E-state index contributed by atoms with van der Waals surface area (Å²) in [6.07, 6.45) is 3.55. The SMILES string of the molecule is Clc1c(-c2ccncc2)c(-c2ccccc2)nc2ccccc12. The van der Waals surface area contributed by atoms with E-state index in [2.05, 4.69) is 17.1 Å². The highest BCUT2D eigenvalue weighted by Gasteiger charge is 2.16. The molecule has 0 amide bonds. The standard InChI is InChI=1S/C20H13ClN2/c21-19-16-8-4-5-9-17(16)23-20(15-6-2-1-3-7-15)18(19)14-10-12-22-13-11-14/h1-13H. The van der Waals surface area contributed by atoms with E-state index < -0.39 is 0 Å². The predicted molar refractivity (Wildman–Crippen MR) is 95.4 cm³/mol. The van der Waals surface area contributed by atoms with Gasteiger partial charge in [0.25, 0.3) is 0 Å². The molecule has 23 heavy (non-hydrogen) atoms. The number of pyridine rings is 2. The van der Waals surface area contributed by atoms with Crippen LogP contribution in [0.2, 0.25) is 5.02 Å². The number of para-hydroxylation sites is 1. The van der Waals surface area contributed by atoms with E-state index in [4.69, 9.17) is 16.6 Å². The van der Waals surface area contributed by atoms with Crippen LogP contribution in [0.4, 0.5) is 0 Å². The van der Waals surface area contributed by atoms with E-state index in [1.54, 1.807) is 12.4 Å². The van der Waals surface area contributed by atoms with Crippen molar-refractivity contribution in [1.29, 1.82) is 0 Å². The fourth-order valence-electron chi connectivity index (χ4n) is 2.76. The number of aromatic nitrogens is 2. The molecule has 2 aromatic carbocycles. The van der Waals surface area contributed by atoms with E-state index in [1.807, 2.05) is 54.6 Å². The van der Waals surface area contributed by atoms with Crippen LogP contribution in [0.25, 0.3) is 33.3 Å². The molecular weight excluding hydrogens is 304 g/mol. The lowest BCUT2D eigenvalue weighted by Gasteiger charge is -2.14. The zero-order chi connectivity index (χ0) is 15.6. The van der Waals surface area contributed by atoms with E-state index in [-0.39, 0.29) is 0 Å². The smallest absolute Gasteiger partial charge is 0.0803 e. The molecule has 0 spiro atoms. The van der Waals surface area contributed by atoms with Crippen molar-refractivity contribution < 1.29 is 0 Å². The Kier molecular flexibility index (Phi) is 3.52. The van der Waals surface area contributed by atoms with E-state index in [1.165, 1.54) is 0 Å². The number of fused-ring (bicyclic) bond motifs is 1. The van der Waals surface area contributed by atoms with Crippen LogP contribution in [0.3, 0.4) is 0 Å². The summed E-state index contributed by atoms with van der Waals surface area (Å²) in [7, 11) is 0. The lowest BCUT2D eigenvalue weighted by Crippen LogP contribution is -1.93. The Bertz CT molecular complexity index is 967. The van der Waals surface area contributed by atoms with E-state index in [9.17, 15) is 0 Å². The molecule has 0 radical (unpaired) electrons. The first kappa shape index (κ1) is 13.9. The molecule has 0 saturated carbocycles. The molecule has 0 N–H and O–H groups in total. The van der Waals surface area contributed by atoms with Gasteiger partial charge in [-0.1, -0.05) is 60.1 Å². The van der Waals surface area contributed by atoms with Crippen molar-refractivity contribution in [2.24, 2.45) is 0 Å². The highest BCUT2D eigenvalue weighted by atomic mass is 35.5. The molecule has 0 aliphatic rings. The second kappa shape index (κ2) is 5.82. The Labute approximate surface area is 139 Å². The third kappa shape index (κ3) is 2.47. The van der Waals surface area contributed by atoms with Crippen molar-refractivity contribution in [3.8, 4) is 22.4 Å². The molecule has 0 fully saturated rings. The quantitative estimate of drug-likeness (QED) is 0.480. The number of halogens is 1. The molecule has 0 unspecified atom stereocenters. The van der Waals surface area contributed by atoms with Crippen LogP contribution in [-0.4, -0.2) is 9.97 Å². The zero-order valence-corrected chi connectivity index (χ0v) is 13.0. The largest absolute Gasteiger partial charge is 0.265 e. The van der Waals surface area contributed by atoms with Gasteiger partial charge in [-0.3, -0.25) is 4.98 Å².